The first kappa shape index (κ1) is 18.0. The molecule has 4 nitrogen and oxygen atoms in total. The van der Waals surface area contributed by atoms with E-state index in [1.165, 1.54) is 31.2 Å². The van der Waals surface area contributed by atoms with Crippen molar-refractivity contribution in [1.29, 1.82) is 0 Å². The van der Waals surface area contributed by atoms with Gasteiger partial charge < -0.3 is 10.2 Å². The third-order valence-electron chi connectivity index (χ3n) is 6.53. The Balaban J connectivity index is 1.32. The number of nitrogens with one attached hydrogen (secondary N) is 1. The van der Waals surface area contributed by atoms with E-state index in [1.807, 2.05) is 0 Å². The molecule has 0 bridgehead atoms. The lowest BCUT2D eigenvalue weighted by molar-refractivity contribution is -0.125. The van der Waals surface area contributed by atoms with Crippen LogP contribution in [0.2, 0.25) is 0 Å². The van der Waals surface area contributed by atoms with Crippen LogP contribution in [0.15, 0.2) is 30.3 Å². The quantitative estimate of drug-likeness (QED) is 0.880. The van der Waals surface area contributed by atoms with Crippen LogP contribution < -0.4 is 5.32 Å². The molecule has 2 aliphatic heterocycles. The number of hydrogen-bond acceptors (Lipinski definition) is 3. The first-order valence-electron chi connectivity index (χ1n) is 10.5. The van der Waals surface area contributed by atoms with Gasteiger partial charge in [0, 0.05) is 37.3 Å². The molecule has 0 spiro atoms. The van der Waals surface area contributed by atoms with Gasteiger partial charge >= 0.3 is 0 Å². The van der Waals surface area contributed by atoms with Gasteiger partial charge in [-0.2, -0.15) is 0 Å². The molecule has 0 unspecified atom stereocenters. The van der Waals surface area contributed by atoms with Crippen LogP contribution in [0.3, 0.4) is 0 Å². The van der Waals surface area contributed by atoms with Crippen molar-refractivity contribution in [3.05, 3.63) is 35.9 Å². The van der Waals surface area contributed by atoms with Crippen molar-refractivity contribution < 1.29 is 4.79 Å². The summed E-state index contributed by atoms with van der Waals surface area (Å²) < 4.78 is 0. The van der Waals surface area contributed by atoms with E-state index in [4.69, 9.17) is 0 Å². The summed E-state index contributed by atoms with van der Waals surface area (Å²) in [4.78, 5) is 17.8. The maximum absolute atomic E-state index is 12.8. The summed E-state index contributed by atoms with van der Waals surface area (Å²) >= 11 is 0. The molecular formula is C22H33N3O. The van der Waals surface area contributed by atoms with Gasteiger partial charge in [-0.1, -0.05) is 36.8 Å². The number of piperidine rings is 2. The fourth-order valence-electron chi connectivity index (χ4n) is 4.83. The van der Waals surface area contributed by atoms with Crippen molar-refractivity contribution in [3.63, 3.8) is 0 Å². The molecule has 1 N–H and O–H groups in total. The van der Waals surface area contributed by atoms with Crippen LogP contribution in [0.1, 0.15) is 63.5 Å². The molecule has 2 heterocycles. The summed E-state index contributed by atoms with van der Waals surface area (Å²) in [7, 11) is 0. The lowest BCUT2D eigenvalue weighted by Crippen LogP contribution is -2.50. The van der Waals surface area contributed by atoms with Crippen LogP contribution in [-0.4, -0.2) is 53.5 Å². The summed E-state index contributed by atoms with van der Waals surface area (Å²) in [6, 6.07) is 12.8. The molecular weight excluding hydrogens is 322 g/mol. The van der Waals surface area contributed by atoms with Gasteiger partial charge in [-0.25, -0.2) is 0 Å². The number of amides is 1. The standard InChI is InChI=1S/C22H33N3O/c1-17-6-5-9-21(18-7-3-2-4-8-18)25(17)16-22(26)23-19-12-14-24(15-13-19)20-10-11-20/h2-4,7-8,17,19-21H,5-6,9-16H2,1H3,(H,23,26)/t17-,21+/m0/s1. The van der Waals surface area contributed by atoms with Crippen LogP contribution in [0, 0.1) is 0 Å². The summed E-state index contributed by atoms with van der Waals surface area (Å²) in [6.07, 6.45) is 8.57. The van der Waals surface area contributed by atoms with Crippen LogP contribution in [0.4, 0.5) is 0 Å². The zero-order valence-electron chi connectivity index (χ0n) is 16.1. The van der Waals surface area contributed by atoms with Gasteiger partial charge in [-0.3, -0.25) is 9.69 Å². The summed E-state index contributed by atoms with van der Waals surface area (Å²) in [6.45, 7) is 5.12. The van der Waals surface area contributed by atoms with E-state index < -0.39 is 0 Å². The van der Waals surface area contributed by atoms with E-state index in [0.717, 1.165) is 38.4 Å². The highest BCUT2D eigenvalue weighted by molar-refractivity contribution is 5.78. The normalized spacial score (nSPS) is 28.8. The molecule has 4 rings (SSSR count). The molecule has 1 saturated carbocycles. The van der Waals surface area contributed by atoms with E-state index in [2.05, 4.69) is 52.4 Å². The van der Waals surface area contributed by atoms with Crippen LogP contribution in [0.5, 0.6) is 0 Å². The van der Waals surface area contributed by atoms with Crippen molar-refractivity contribution in [2.75, 3.05) is 19.6 Å². The maximum atomic E-state index is 12.8. The minimum atomic E-state index is 0.213. The third-order valence-corrected chi connectivity index (χ3v) is 6.53. The lowest BCUT2D eigenvalue weighted by atomic mass is 9.91. The topological polar surface area (TPSA) is 35.6 Å². The molecule has 2 atom stereocenters. The van der Waals surface area contributed by atoms with E-state index in [1.54, 1.807) is 0 Å². The van der Waals surface area contributed by atoms with Gasteiger partial charge in [0.05, 0.1) is 6.54 Å². The number of hydrogen-bond donors (Lipinski definition) is 1. The van der Waals surface area contributed by atoms with Crippen LogP contribution in [0.25, 0.3) is 0 Å². The number of nitrogens with zero attached hydrogens (tertiary/aromatic N) is 2. The fraction of sp³-hybridized carbons (Fsp3) is 0.682. The van der Waals surface area contributed by atoms with E-state index in [9.17, 15) is 4.79 Å². The number of carbonyl (C=O) groups excluding carboxylic acids is 1. The first-order chi connectivity index (χ1) is 12.7. The van der Waals surface area contributed by atoms with Crippen molar-refractivity contribution in [2.24, 2.45) is 0 Å². The molecule has 1 aliphatic carbocycles. The van der Waals surface area contributed by atoms with Gasteiger partial charge in [0.1, 0.15) is 0 Å². The monoisotopic (exact) mass is 355 g/mol. The Bertz CT molecular complexity index is 593. The van der Waals surface area contributed by atoms with Gasteiger partial charge in [0.15, 0.2) is 0 Å². The third kappa shape index (κ3) is 4.29. The largest absolute Gasteiger partial charge is 0.352 e. The second-order valence-corrected chi connectivity index (χ2v) is 8.49. The van der Waals surface area contributed by atoms with Gasteiger partial charge in [-0.15, -0.1) is 0 Å². The fourth-order valence-corrected chi connectivity index (χ4v) is 4.83. The Morgan fingerprint density at radius 3 is 2.46 bits per heavy atom. The predicted molar refractivity (Wildman–Crippen MR) is 105 cm³/mol. The van der Waals surface area contributed by atoms with Gasteiger partial charge in [0.25, 0.3) is 0 Å². The highest BCUT2D eigenvalue weighted by atomic mass is 16.2. The minimum absolute atomic E-state index is 0.213. The Morgan fingerprint density at radius 2 is 1.77 bits per heavy atom. The molecule has 3 aliphatic rings. The van der Waals surface area contributed by atoms with Crippen molar-refractivity contribution in [2.45, 2.75) is 76.0 Å². The zero-order valence-corrected chi connectivity index (χ0v) is 16.1. The molecule has 0 radical (unpaired) electrons. The number of benzene rings is 1. The number of likely N-dealkylation sites (tertiary alicyclic amines) is 2. The van der Waals surface area contributed by atoms with E-state index >= 15 is 0 Å². The van der Waals surface area contributed by atoms with Crippen molar-refractivity contribution in [1.82, 2.24) is 15.1 Å². The molecule has 2 saturated heterocycles. The Labute approximate surface area is 157 Å². The Morgan fingerprint density at radius 1 is 1.04 bits per heavy atom. The Hall–Kier alpha value is -1.39. The molecule has 1 aromatic carbocycles. The molecule has 0 aromatic heterocycles. The second kappa shape index (κ2) is 8.10. The van der Waals surface area contributed by atoms with Crippen molar-refractivity contribution in [3.8, 4) is 0 Å². The lowest BCUT2D eigenvalue weighted by Gasteiger charge is -2.41. The molecule has 4 heteroatoms. The predicted octanol–water partition coefficient (Wildman–Crippen LogP) is 3.35. The Kier molecular flexibility index (Phi) is 5.60. The van der Waals surface area contributed by atoms with Crippen molar-refractivity contribution >= 4 is 5.91 Å². The summed E-state index contributed by atoms with van der Waals surface area (Å²) in [5.41, 5.74) is 1.35. The van der Waals surface area contributed by atoms with Crippen LogP contribution in [-0.2, 0) is 4.79 Å². The molecule has 26 heavy (non-hydrogen) atoms. The SMILES string of the molecule is C[C@H]1CCC[C@H](c2ccccc2)N1CC(=O)NC1CCN(C2CC2)CC1. The average Bonchev–Trinajstić information content (AvgIpc) is 3.50. The van der Waals surface area contributed by atoms with Gasteiger partial charge in [-0.05, 0) is 51.0 Å². The minimum Gasteiger partial charge on any atom is -0.352 e. The highest BCUT2D eigenvalue weighted by Gasteiger charge is 2.33. The van der Waals surface area contributed by atoms with E-state index in [-0.39, 0.29) is 5.91 Å². The molecule has 3 fully saturated rings. The first-order valence-corrected chi connectivity index (χ1v) is 10.5. The second-order valence-electron chi connectivity index (χ2n) is 8.49. The average molecular weight is 356 g/mol. The van der Waals surface area contributed by atoms with E-state index in [0.29, 0.717) is 24.7 Å². The highest BCUT2D eigenvalue weighted by Crippen LogP contribution is 2.34. The number of rotatable bonds is 5. The van der Waals surface area contributed by atoms with Gasteiger partial charge in [0.2, 0.25) is 5.91 Å². The molecule has 1 amide bonds. The number of carbonyl (C=O) groups is 1. The summed E-state index contributed by atoms with van der Waals surface area (Å²) in [5.74, 6) is 0.213. The zero-order chi connectivity index (χ0) is 17.9. The smallest absolute Gasteiger partial charge is 0.234 e. The van der Waals surface area contributed by atoms with Crippen LogP contribution >= 0.6 is 0 Å². The molecule has 1 aromatic rings. The maximum Gasteiger partial charge on any atom is 0.234 e. The molecule has 142 valence electrons. The summed E-state index contributed by atoms with van der Waals surface area (Å²) in [5, 5.41) is 3.33.